The second kappa shape index (κ2) is 4.28. The highest BCUT2D eigenvalue weighted by Gasteiger charge is 2.47. The van der Waals surface area contributed by atoms with E-state index < -0.39 is 23.3 Å². The number of benzene rings is 1. The maximum atomic E-state index is 12.6. The van der Waals surface area contributed by atoms with Gasteiger partial charge in [0, 0.05) is 13.5 Å². The summed E-state index contributed by atoms with van der Waals surface area (Å²) in [6, 6.07) is 4.57. The third-order valence-corrected chi connectivity index (χ3v) is 3.02. The van der Waals surface area contributed by atoms with Crippen molar-refractivity contribution in [2.24, 2.45) is 0 Å². The van der Waals surface area contributed by atoms with E-state index >= 15 is 0 Å². The van der Waals surface area contributed by atoms with Crippen LogP contribution in [0.1, 0.15) is 17.5 Å². The van der Waals surface area contributed by atoms with Gasteiger partial charge < -0.3 is 9.47 Å². The highest BCUT2D eigenvalue weighted by Crippen LogP contribution is 2.38. The van der Waals surface area contributed by atoms with Crippen molar-refractivity contribution in [2.75, 3.05) is 13.7 Å². The number of ether oxygens (including phenoxy) is 2. The van der Waals surface area contributed by atoms with Crippen molar-refractivity contribution in [1.82, 2.24) is 0 Å². The summed E-state index contributed by atoms with van der Waals surface area (Å²) in [5.74, 6) is -0.649. The lowest BCUT2D eigenvalue weighted by atomic mass is 9.91. The molecule has 6 heteroatoms. The molecule has 18 heavy (non-hydrogen) atoms. The second-order valence-corrected chi connectivity index (χ2v) is 4.00. The number of carbonyl (C=O) groups is 1. The van der Waals surface area contributed by atoms with E-state index in [4.69, 9.17) is 9.47 Å². The molecule has 1 atom stereocenters. The predicted molar refractivity (Wildman–Crippen MR) is 55.7 cm³/mol. The van der Waals surface area contributed by atoms with Crippen LogP contribution >= 0.6 is 0 Å². The van der Waals surface area contributed by atoms with Crippen LogP contribution in [0, 0.1) is 0 Å². The van der Waals surface area contributed by atoms with Crippen LogP contribution in [-0.2, 0) is 26.0 Å². The summed E-state index contributed by atoms with van der Waals surface area (Å²) in [5, 5.41) is 0. The molecule has 98 valence electrons. The lowest BCUT2D eigenvalue weighted by Crippen LogP contribution is -2.33. The summed E-state index contributed by atoms with van der Waals surface area (Å²) in [6.45, 7) is 0.142. The van der Waals surface area contributed by atoms with Crippen molar-refractivity contribution in [3.05, 3.63) is 35.4 Å². The topological polar surface area (TPSA) is 35.5 Å². The first-order chi connectivity index (χ1) is 8.40. The molecule has 0 N–H and O–H groups in total. The molecule has 1 saturated heterocycles. The van der Waals surface area contributed by atoms with Gasteiger partial charge in [0.2, 0.25) is 0 Å². The number of hydrogen-bond donors (Lipinski definition) is 0. The Morgan fingerprint density at radius 1 is 1.39 bits per heavy atom. The van der Waals surface area contributed by atoms with Gasteiger partial charge in [-0.25, -0.2) is 4.79 Å². The van der Waals surface area contributed by atoms with Crippen molar-refractivity contribution in [2.45, 2.75) is 18.2 Å². The first-order valence-corrected chi connectivity index (χ1v) is 5.30. The Morgan fingerprint density at radius 2 is 2.11 bits per heavy atom. The van der Waals surface area contributed by atoms with Gasteiger partial charge in [0.15, 0.2) is 5.60 Å². The number of halogens is 3. The summed E-state index contributed by atoms with van der Waals surface area (Å²) in [7, 11) is 1.28. The van der Waals surface area contributed by atoms with Crippen molar-refractivity contribution >= 4 is 5.97 Å². The number of carbonyl (C=O) groups excluding carboxylic acids is 1. The second-order valence-electron chi connectivity index (χ2n) is 4.00. The number of rotatable bonds is 2. The number of esters is 1. The highest BCUT2D eigenvalue weighted by molar-refractivity contribution is 5.83. The van der Waals surface area contributed by atoms with Crippen molar-refractivity contribution in [3.8, 4) is 0 Å². The summed E-state index contributed by atoms with van der Waals surface area (Å²) >= 11 is 0. The fourth-order valence-electron chi connectivity index (χ4n) is 2.02. The Bertz CT molecular complexity index is 470. The standard InChI is InChI=1S/C12H11F3O3/c1-17-11(5-6-18-10(11)16)8-3-2-4-9(7-8)12(13,14)15/h2-4,7H,5-6H2,1H3. The number of alkyl halides is 3. The Hall–Kier alpha value is -1.56. The molecule has 1 fully saturated rings. The van der Waals surface area contributed by atoms with Gasteiger partial charge >= 0.3 is 12.1 Å². The molecular formula is C12H11F3O3. The van der Waals surface area contributed by atoms with E-state index in [1.807, 2.05) is 0 Å². The fraction of sp³-hybridized carbons (Fsp3) is 0.417. The van der Waals surface area contributed by atoms with Crippen LogP contribution in [0.2, 0.25) is 0 Å². The molecule has 1 aromatic rings. The lowest BCUT2D eigenvalue weighted by Gasteiger charge is -2.24. The van der Waals surface area contributed by atoms with Gasteiger partial charge in [-0.2, -0.15) is 13.2 Å². The minimum atomic E-state index is -4.45. The summed E-state index contributed by atoms with van der Waals surface area (Å²) in [6.07, 6.45) is -4.24. The molecule has 0 amide bonds. The fourth-order valence-corrected chi connectivity index (χ4v) is 2.02. The van der Waals surface area contributed by atoms with Gasteiger partial charge in [-0.15, -0.1) is 0 Å². The Balaban J connectivity index is 2.47. The van der Waals surface area contributed by atoms with Gasteiger partial charge in [-0.05, 0) is 17.7 Å². The van der Waals surface area contributed by atoms with Crippen LogP contribution in [-0.4, -0.2) is 19.7 Å². The van der Waals surface area contributed by atoms with E-state index in [1.54, 1.807) is 0 Å². The van der Waals surface area contributed by atoms with Crippen molar-refractivity contribution < 1.29 is 27.4 Å². The normalized spacial score (nSPS) is 24.1. The average Bonchev–Trinajstić information content (AvgIpc) is 2.71. The van der Waals surface area contributed by atoms with Crippen molar-refractivity contribution in [1.29, 1.82) is 0 Å². The SMILES string of the molecule is COC1(c2cccc(C(F)(F)F)c2)CCOC1=O. The lowest BCUT2D eigenvalue weighted by molar-refractivity contribution is -0.157. The highest BCUT2D eigenvalue weighted by atomic mass is 19.4. The third kappa shape index (κ3) is 1.96. The maximum Gasteiger partial charge on any atom is 0.416 e. The summed E-state index contributed by atoms with van der Waals surface area (Å²) < 4.78 is 47.8. The van der Waals surface area contributed by atoms with Gasteiger partial charge in [0.25, 0.3) is 0 Å². The van der Waals surface area contributed by atoms with Crippen molar-refractivity contribution in [3.63, 3.8) is 0 Å². The Morgan fingerprint density at radius 3 is 2.61 bits per heavy atom. The third-order valence-electron chi connectivity index (χ3n) is 3.02. The molecule has 0 bridgehead atoms. The zero-order valence-electron chi connectivity index (χ0n) is 9.58. The largest absolute Gasteiger partial charge is 0.463 e. The van der Waals surface area contributed by atoms with Crippen LogP contribution < -0.4 is 0 Å². The van der Waals surface area contributed by atoms with E-state index in [1.165, 1.54) is 19.2 Å². The minimum Gasteiger partial charge on any atom is -0.463 e. The molecule has 0 spiro atoms. The first-order valence-electron chi connectivity index (χ1n) is 5.30. The molecule has 0 saturated carbocycles. The summed E-state index contributed by atoms with van der Waals surface area (Å²) in [4.78, 5) is 11.7. The van der Waals surface area contributed by atoms with E-state index in [-0.39, 0.29) is 18.6 Å². The Labute approximate surface area is 102 Å². The molecule has 0 aromatic heterocycles. The zero-order valence-corrected chi connectivity index (χ0v) is 9.58. The molecule has 1 heterocycles. The van der Waals surface area contributed by atoms with Crippen LogP contribution in [0.3, 0.4) is 0 Å². The molecule has 1 aliphatic heterocycles. The molecule has 0 aliphatic carbocycles. The predicted octanol–water partition coefficient (Wildman–Crippen LogP) is 2.49. The number of methoxy groups -OCH3 is 1. The van der Waals surface area contributed by atoms with E-state index in [0.29, 0.717) is 0 Å². The zero-order chi connectivity index (χ0) is 13.4. The van der Waals surface area contributed by atoms with Crippen LogP contribution in [0.25, 0.3) is 0 Å². The molecule has 0 radical (unpaired) electrons. The molecule has 1 unspecified atom stereocenters. The maximum absolute atomic E-state index is 12.6. The first kappa shape index (κ1) is 12.9. The van der Waals surface area contributed by atoms with E-state index in [0.717, 1.165) is 12.1 Å². The van der Waals surface area contributed by atoms with Gasteiger partial charge in [0.05, 0.1) is 12.2 Å². The minimum absolute atomic E-state index is 0.142. The van der Waals surface area contributed by atoms with Gasteiger partial charge in [-0.1, -0.05) is 12.1 Å². The van der Waals surface area contributed by atoms with Crippen LogP contribution in [0.4, 0.5) is 13.2 Å². The molecule has 1 aromatic carbocycles. The molecular weight excluding hydrogens is 249 g/mol. The average molecular weight is 260 g/mol. The van der Waals surface area contributed by atoms with Crippen LogP contribution in [0.15, 0.2) is 24.3 Å². The number of hydrogen-bond acceptors (Lipinski definition) is 3. The van der Waals surface area contributed by atoms with Crippen LogP contribution in [0.5, 0.6) is 0 Å². The summed E-state index contributed by atoms with van der Waals surface area (Å²) in [5.41, 5.74) is -2.06. The Kier molecular flexibility index (Phi) is 3.06. The quantitative estimate of drug-likeness (QED) is 0.766. The molecule has 2 rings (SSSR count). The monoisotopic (exact) mass is 260 g/mol. The van der Waals surface area contributed by atoms with E-state index in [9.17, 15) is 18.0 Å². The van der Waals surface area contributed by atoms with E-state index in [2.05, 4.69) is 0 Å². The molecule has 3 nitrogen and oxygen atoms in total. The smallest absolute Gasteiger partial charge is 0.416 e. The number of cyclic esters (lactones) is 1. The molecule has 1 aliphatic rings. The van der Waals surface area contributed by atoms with Gasteiger partial charge in [0.1, 0.15) is 0 Å². The van der Waals surface area contributed by atoms with Gasteiger partial charge in [-0.3, -0.25) is 0 Å².